The van der Waals surface area contributed by atoms with Crippen LogP contribution in [0.25, 0.3) is 84.4 Å². The Morgan fingerprint density at radius 1 is 0.347 bits per heavy atom. The lowest BCUT2D eigenvalue weighted by molar-refractivity contribution is 0.768. The number of anilines is 3. The highest BCUT2D eigenvalue weighted by molar-refractivity contribution is 5.99. The van der Waals surface area contributed by atoms with E-state index < -0.39 is 5.41 Å². The molecule has 2 heteroatoms. The molecule has 1 heterocycles. The number of hydrogen-bond acceptors (Lipinski definition) is 1. The molecule has 0 spiro atoms. The fourth-order valence-electron chi connectivity index (χ4n) is 11.9. The van der Waals surface area contributed by atoms with Crippen LogP contribution in [0.1, 0.15) is 33.5 Å². The Kier molecular flexibility index (Phi) is 11.4. The lowest BCUT2D eigenvalue weighted by Gasteiger charge is -2.35. The van der Waals surface area contributed by atoms with E-state index in [1.54, 1.807) is 0 Å². The second kappa shape index (κ2) is 19.0. The van der Waals surface area contributed by atoms with Gasteiger partial charge in [-0.3, -0.25) is 0 Å². The minimum Gasteiger partial charge on any atom is -0.310 e. The van der Waals surface area contributed by atoms with Gasteiger partial charge in [0.05, 0.1) is 22.3 Å². The summed E-state index contributed by atoms with van der Waals surface area (Å²) in [5, 5.41) is 1.12. The lowest BCUT2D eigenvalue weighted by Crippen LogP contribution is -2.28. The number of rotatable bonds is 12. The average molecular weight is 957 g/mol. The highest BCUT2D eigenvalue weighted by atomic mass is 15.1. The fourth-order valence-corrected chi connectivity index (χ4v) is 11.9. The van der Waals surface area contributed by atoms with Gasteiger partial charge in [-0.25, -0.2) is 0 Å². The van der Waals surface area contributed by atoms with Crippen LogP contribution >= 0.6 is 0 Å². The van der Waals surface area contributed by atoms with Crippen molar-refractivity contribution in [2.75, 3.05) is 4.90 Å². The largest absolute Gasteiger partial charge is 0.310 e. The van der Waals surface area contributed by atoms with Gasteiger partial charge >= 0.3 is 0 Å². The molecule has 0 radical (unpaired) electrons. The summed E-state index contributed by atoms with van der Waals surface area (Å²) in [6.07, 6.45) is 3.94. The molecule has 1 aliphatic rings. The normalized spacial score (nSPS) is 12.2. The molecule has 354 valence electrons. The van der Waals surface area contributed by atoms with Crippen molar-refractivity contribution in [2.24, 2.45) is 0 Å². The summed E-state index contributed by atoms with van der Waals surface area (Å²) in [5.74, 6) is 0. The van der Waals surface area contributed by atoms with Crippen molar-refractivity contribution in [3.8, 4) is 61.3 Å². The fraction of sp³-hybridized carbons (Fsp3) is 0.0137. The summed E-state index contributed by atoms with van der Waals surface area (Å²) in [4.78, 5) is 2.43. The number of aromatic nitrogens is 1. The van der Waals surface area contributed by atoms with E-state index in [2.05, 4.69) is 302 Å². The van der Waals surface area contributed by atoms with Crippen LogP contribution in [0.2, 0.25) is 0 Å². The third-order valence-electron chi connectivity index (χ3n) is 15.2. The van der Waals surface area contributed by atoms with E-state index in [4.69, 9.17) is 0 Å². The summed E-state index contributed by atoms with van der Waals surface area (Å²) in [7, 11) is 0. The smallest absolute Gasteiger partial charge is 0.0714 e. The van der Waals surface area contributed by atoms with Gasteiger partial charge in [0.1, 0.15) is 0 Å². The van der Waals surface area contributed by atoms with Crippen LogP contribution in [0.3, 0.4) is 0 Å². The maximum Gasteiger partial charge on any atom is 0.0714 e. The number of fused-ring (bicyclic) bond motifs is 4. The molecular formula is C73H52N2. The molecule has 0 saturated heterocycles. The van der Waals surface area contributed by atoms with Crippen molar-refractivity contribution in [1.82, 2.24) is 4.57 Å². The maximum absolute atomic E-state index is 4.36. The van der Waals surface area contributed by atoms with Crippen molar-refractivity contribution >= 4 is 40.1 Å². The van der Waals surface area contributed by atoms with E-state index in [0.29, 0.717) is 0 Å². The van der Waals surface area contributed by atoms with Gasteiger partial charge in [0.2, 0.25) is 0 Å². The predicted octanol–water partition coefficient (Wildman–Crippen LogP) is 19.4. The highest BCUT2D eigenvalue weighted by Crippen LogP contribution is 2.57. The monoisotopic (exact) mass is 956 g/mol. The molecule has 0 N–H and O–H groups in total. The average Bonchev–Trinajstić information content (AvgIpc) is 4.02. The molecule has 1 aliphatic carbocycles. The minimum atomic E-state index is -0.530. The number of nitrogens with zero attached hydrogens (tertiary/aromatic N) is 2. The second-order valence-electron chi connectivity index (χ2n) is 19.3. The third-order valence-corrected chi connectivity index (χ3v) is 15.2. The van der Waals surface area contributed by atoms with Crippen LogP contribution in [0.4, 0.5) is 17.1 Å². The molecule has 12 aromatic rings. The predicted molar refractivity (Wildman–Crippen MR) is 317 cm³/mol. The molecule has 2 nitrogen and oxygen atoms in total. The Hall–Kier alpha value is -9.76. The van der Waals surface area contributed by atoms with Gasteiger partial charge in [0.15, 0.2) is 0 Å². The van der Waals surface area contributed by atoms with Gasteiger partial charge in [-0.05, 0) is 145 Å². The van der Waals surface area contributed by atoms with Crippen LogP contribution in [0.5, 0.6) is 0 Å². The Balaban J connectivity index is 0.943. The summed E-state index contributed by atoms with van der Waals surface area (Å²) < 4.78 is 2.34. The quantitative estimate of drug-likeness (QED) is 0.118. The molecule has 0 atom stereocenters. The van der Waals surface area contributed by atoms with Crippen LogP contribution < -0.4 is 4.90 Å². The molecule has 0 fully saturated rings. The van der Waals surface area contributed by atoms with Crippen molar-refractivity contribution in [1.29, 1.82) is 0 Å². The van der Waals surface area contributed by atoms with Crippen LogP contribution in [-0.2, 0) is 5.41 Å². The van der Waals surface area contributed by atoms with E-state index in [1.807, 2.05) is 12.2 Å². The van der Waals surface area contributed by atoms with Gasteiger partial charge in [-0.2, -0.15) is 0 Å². The first kappa shape index (κ1) is 45.1. The Morgan fingerprint density at radius 2 is 0.867 bits per heavy atom. The van der Waals surface area contributed by atoms with E-state index in [-0.39, 0.29) is 0 Å². The molecule has 11 aromatic carbocycles. The first-order valence-electron chi connectivity index (χ1n) is 25.7. The zero-order valence-electron chi connectivity index (χ0n) is 41.5. The highest BCUT2D eigenvalue weighted by Gasteiger charge is 2.46. The topological polar surface area (TPSA) is 8.17 Å². The van der Waals surface area contributed by atoms with Gasteiger partial charge in [-0.1, -0.05) is 232 Å². The van der Waals surface area contributed by atoms with Gasteiger partial charge in [0, 0.05) is 33.6 Å². The Bertz CT molecular complexity index is 3980. The Labute approximate surface area is 439 Å². The van der Waals surface area contributed by atoms with E-state index in [0.717, 1.165) is 78.3 Å². The standard InChI is InChI=1S/C73H52N2/c1-3-63-67-49-54(41-44-72(67)75(70(63)4-2)62-47-56(51-25-10-5-11-26-51)46-57(48-62)52-27-12-6-13-28-52)53-29-24-30-55(45-53)64-37-21-23-40-71(64)74(60-35-18-9-19-36-60)61-42-43-66-65-38-20-22-39-68(65)73(69(66)50-61,58-31-14-7-15-32-58)59-33-16-8-17-34-59/h3-50H,1-2H2. The third kappa shape index (κ3) is 7.66. The number of benzene rings is 11. The molecule has 0 amide bonds. The summed E-state index contributed by atoms with van der Waals surface area (Å²) >= 11 is 0. The number of hydrogen-bond donors (Lipinski definition) is 0. The summed E-state index contributed by atoms with van der Waals surface area (Å²) in [6, 6.07) is 102. The summed E-state index contributed by atoms with van der Waals surface area (Å²) in [6.45, 7) is 8.72. The molecule has 0 saturated carbocycles. The van der Waals surface area contributed by atoms with Crippen LogP contribution in [0.15, 0.2) is 292 Å². The number of para-hydroxylation sites is 2. The zero-order valence-corrected chi connectivity index (χ0v) is 41.5. The molecule has 1 aromatic heterocycles. The lowest BCUT2D eigenvalue weighted by atomic mass is 9.67. The van der Waals surface area contributed by atoms with Gasteiger partial charge in [-0.15, -0.1) is 0 Å². The van der Waals surface area contributed by atoms with Crippen molar-refractivity contribution < 1.29 is 0 Å². The first-order valence-corrected chi connectivity index (χ1v) is 25.7. The molecule has 0 bridgehead atoms. The van der Waals surface area contributed by atoms with E-state index in [1.165, 1.54) is 44.5 Å². The van der Waals surface area contributed by atoms with Crippen molar-refractivity contribution in [3.05, 3.63) is 326 Å². The molecule has 0 aliphatic heterocycles. The summed E-state index contributed by atoms with van der Waals surface area (Å²) in [5.41, 5.74) is 23.6. The van der Waals surface area contributed by atoms with Gasteiger partial charge in [0.25, 0.3) is 0 Å². The molecule has 13 rings (SSSR count). The first-order chi connectivity index (χ1) is 37.1. The maximum atomic E-state index is 4.36. The van der Waals surface area contributed by atoms with E-state index >= 15 is 0 Å². The molecule has 75 heavy (non-hydrogen) atoms. The SMILES string of the molecule is C=Cc1c(C=C)n(-c2cc(-c3ccccc3)cc(-c3ccccc3)c2)c2ccc(-c3cccc(-c4ccccc4N(c4ccccc4)c4ccc5c(c4)C(c4ccccc4)(c4ccccc4)c4ccccc4-5)c3)cc12. The van der Waals surface area contributed by atoms with Crippen LogP contribution in [-0.4, -0.2) is 4.57 Å². The van der Waals surface area contributed by atoms with Crippen molar-refractivity contribution in [3.63, 3.8) is 0 Å². The van der Waals surface area contributed by atoms with Crippen LogP contribution in [0, 0.1) is 0 Å². The molecular weight excluding hydrogens is 905 g/mol. The minimum absolute atomic E-state index is 0.530. The second-order valence-corrected chi connectivity index (χ2v) is 19.3. The molecule has 0 unspecified atom stereocenters. The van der Waals surface area contributed by atoms with Crippen molar-refractivity contribution in [2.45, 2.75) is 5.41 Å². The Morgan fingerprint density at radius 3 is 1.51 bits per heavy atom. The van der Waals surface area contributed by atoms with E-state index in [9.17, 15) is 0 Å². The zero-order chi connectivity index (χ0) is 50.3. The van der Waals surface area contributed by atoms with Gasteiger partial charge < -0.3 is 9.47 Å².